The molecule has 1 fully saturated rings. The molecule has 0 aliphatic carbocycles. The van der Waals surface area contributed by atoms with Crippen LogP contribution >= 0.6 is 11.6 Å². The van der Waals surface area contributed by atoms with Gasteiger partial charge in [-0.1, -0.05) is 54.1 Å². The summed E-state index contributed by atoms with van der Waals surface area (Å²) in [7, 11) is -0.948. The van der Waals surface area contributed by atoms with Crippen molar-refractivity contribution in [3.05, 3.63) is 88.4 Å². The normalized spacial score (nSPS) is 17.2. The third-order valence-corrected chi connectivity index (χ3v) is 9.04. The summed E-state index contributed by atoms with van der Waals surface area (Å²) in [5.74, 6) is -0.500. The van der Waals surface area contributed by atoms with E-state index in [1.165, 1.54) is 12.0 Å². The molecule has 2 aliphatic heterocycles. The molecule has 0 spiro atoms. The number of hydrogen-bond donors (Lipinski definition) is 0. The van der Waals surface area contributed by atoms with Gasteiger partial charge in [-0.05, 0) is 42.4 Å². The fraction of sp³-hybridized carbons (Fsp3) is 0.286. The standard InChI is InChI=1S/C28H29ClN4O5S/c1-30-12-14-31(15-13-30)24-16-23(29)17-25-26(24)39(36,37)33(19-21-8-10-22(11-9-21)27(34)38-2)28(35)32(25)18-20-6-4-3-5-7-20/h3-11,16-17H,12-15,18-19H2,1-2H3. The van der Waals surface area contributed by atoms with Gasteiger partial charge in [0.25, 0.3) is 10.0 Å². The number of benzene rings is 3. The van der Waals surface area contributed by atoms with Crippen LogP contribution in [0.1, 0.15) is 21.5 Å². The van der Waals surface area contributed by atoms with E-state index in [0.29, 0.717) is 34.9 Å². The highest BCUT2D eigenvalue weighted by atomic mass is 35.5. The number of amides is 2. The summed E-state index contributed by atoms with van der Waals surface area (Å²) in [6.07, 6.45) is 0. The summed E-state index contributed by atoms with van der Waals surface area (Å²) in [6, 6.07) is 18.3. The maximum absolute atomic E-state index is 14.2. The van der Waals surface area contributed by atoms with Gasteiger partial charge in [-0.2, -0.15) is 0 Å². The summed E-state index contributed by atoms with van der Waals surface area (Å²) in [4.78, 5) is 31.5. The first-order valence-electron chi connectivity index (χ1n) is 12.5. The largest absolute Gasteiger partial charge is 0.465 e. The maximum atomic E-state index is 14.2. The molecule has 204 valence electrons. The first-order valence-corrected chi connectivity index (χ1v) is 14.3. The average molecular weight is 569 g/mol. The van der Waals surface area contributed by atoms with Crippen LogP contribution in [0.3, 0.4) is 0 Å². The molecule has 3 aromatic rings. The molecule has 2 amide bonds. The van der Waals surface area contributed by atoms with Gasteiger partial charge in [-0.3, -0.25) is 4.90 Å². The third kappa shape index (κ3) is 5.32. The van der Waals surface area contributed by atoms with Crippen LogP contribution in [-0.4, -0.2) is 70.0 Å². The molecule has 2 heterocycles. The minimum absolute atomic E-state index is 0.0677. The number of halogens is 1. The molecular weight excluding hydrogens is 540 g/mol. The van der Waals surface area contributed by atoms with Gasteiger partial charge in [0, 0.05) is 31.2 Å². The Morgan fingerprint density at radius 2 is 1.51 bits per heavy atom. The fourth-order valence-electron chi connectivity index (χ4n) is 4.86. The number of urea groups is 1. The number of esters is 1. The molecule has 0 saturated carbocycles. The monoisotopic (exact) mass is 568 g/mol. The molecule has 0 N–H and O–H groups in total. The van der Waals surface area contributed by atoms with E-state index in [-0.39, 0.29) is 23.7 Å². The first kappa shape index (κ1) is 27.0. The second kappa shape index (κ2) is 10.9. The van der Waals surface area contributed by atoms with E-state index >= 15 is 0 Å². The predicted octanol–water partition coefficient (Wildman–Crippen LogP) is 4.21. The topological polar surface area (TPSA) is 90.5 Å². The highest BCUT2D eigenvalue weighted by Crippen LogP contribution is 2.44. The minimum Gasteiger partial charge on any atom is -0.465 e. The van der Waals surface area contributed by atoms with Crippen LogP contribution < -0.4 is 9.80 Å². The molecule has 5 rings (SSSR count). The second-order valence-electron chi connectivity index (χ2n) is 9.62. The van der Waals surface area contributed by atoms with Gasteiger partial charge < -0.3 is 14.5 Å². The van der Waals surface area contributed by atoms with Crippen LogP contribution in [0.5, 0.6) is 0 Å². The zero-order valence-electron chi connectivity index (χ0n) is 21.7. The summed E-state index contributed by atoms with van der Waals surface area (Å²) in [5.41, 5.74) is 2.49. The van der Waals surface area contributed by atoms with Crippen LogP contribution in [0.25, 0.3) is 0 Å². The van der Waals surface area contributed by atoms with Crippen molar-refractivity contribution in [3.63, 3.8) is 0 Å². The number of piperazine rings is 1. The highest BCUT2D eigenvalue weighted by Gasteiger charge is 2.44. The summed E-state index contributed by atoms with van der Waals surface area (Å²) in [6.45, 7) is 2.76. The lowest BCUT2D eigenvalue weighted by molar-refractivity contribution is 0.0600. The van der Waals surface area contributed by atoms with Crippen molar-refractivity contribution in [2.75, 3.05) is 50.1 Å². The highest BCUT2D eigenvalue weighted by molar-refractivity contribution is 7.90. The van der Waals surface area contributed by atoms with E-state index in [9.17, 15) is 18.0 Å². The zero-order valence-corrected chi connectivity index (χ0v) is 23.3. The van der Waals surface area contributed by atoms with Crippen LogP contribution in [-0.2, 0) is 27.8 Å². The number of carbonyl (C=O) groups is 2. The quantitative estimate of drug-likeness (QED) is 0.411. The van der Waals surface area contributed by atoms with Gasteiger partial charge in [0.2, 0.25) is 0 Å². The number of fused-ring (bicyclic) bond motifs is 1. The van der Waals surface area contributed by atoms with Gasteiger partial charge in [-0.15, -0.1) is 0 Å². The Hall–Kier alpha value is -3.60. The smallest absolute Gasteiger partial charge is 0.339 e. The molecule has 11 heteroatoms. The Morgan fingerprint density at radius 3 is 2.15 bits per heavy atom. The molecule has 9 nitrogen and oxygen atoms in total. The van der Waals surface area contributed by atoms with E-state index in [0.717, 1.165) is 23.0 Å². The fourth-order valence-corrected chi connectivity index (χ4v) is 6.80. The van der Waals surface area contributed by atoms with E-state index in [4.69, 9.17) is 16.3 Å². The van der Waals surface area contributed by atoms with Gasteiger partial charge >= 0.3 is 12.0 Å². The molecule has 0 radical (unpaired) electrons. The van der Waals surface area contributed by atoms with Gasteiger partial charge in [-0.25, -0.2) is 22.3 Å². The van der Waals surface area contributed by atoms with Crippen molar-refractivity contribution in [2.45, 2.75) is 18.0 Å². The number of hydrogen-bond acceptors (Lipinski definition) is 7. The molecule has 0 aromatic heterocycles. The maximum Gasteiger partial charge on any atom is 0.339 e. The van der Waals surface area contributed by atoms with Crippen molar-refractivity contribution in [2.24, 2.45) is 0 Å². The van der Waals surface area contributed by atoms with Crippen molar-refractivity contribution < 1.29 is 22.7 Å². The van der Waals surface area contributed by atoms with Crippen LogP contribution in [0, 0.1) is 0 Å². The Morgan fingerprint density at radius 1 is 0.897 bits per heavy atom. The van der Waals surface area contributed by atoms with E-state index < -0.39 is 22.0 Å². The summed E-state index contributed by atoms with van der Waals surface area (Å²) >= 11 is 6.54. The van der Waals surface area contributed by atoms with Crippen molar-refractivity contribution >= 4 is 45.0 Å². The van der Waals surface area contributed by atoms with Crippen molar-refractivity contribution in [1.82, 2.24) is 9.21 Å². The molecule has 0 unspecified atom stereocenters. The number of ether oxygens (including phenoxy) is 1. The molecule has 1 saturated heterocycles. The Kier molecular flexibility index (Phi) is 7.53. The minimum atomic E-state index is -4.26. The summed E-state index contributed by atoms with van der Waals surface area (Å²) < 4.78 is 34.1. The number of rotatable bonds is 6. The number of nitrogens with zero attached hydrogens (tertiary/aromatic N) is 4. The molecule has 39 heavy (non-hydrogen) atoms. The molecule has 3 aromatic carbocycles. The molecule has 2 aliphatic rings. The molecule has 0 bridgehead atoms. The zero-order chi connectivity index (χ0) is 27.7. The SMILES string of the molecule is COC(=O)c1ccc(CN2C(=O)N(Cc3ccccc3)c3cc(Cl)cc(N4CCN(C)CC4)c3S2(=O)=O)cc1. The average Bonchev–Trinajstić information content (AvgIpc) is 2.94. The van der Waals surface area contributed by atoms with Gasteiger partial charge in [0.15, 0.2) is 0 Å². The Labute approximate surface area is 233 Å². The lowest BCUT2D eigenvalue weighted by Crippen LogP contribution is -2.51. The lowest BCUT2D eigenvalue weighted by Gasteiger charge is -2.40. The van der Waals surface area contributed by atoms with E-state index in [2.05, 4.69) is 4.90 Å². The first-order chi connectivity index (χ1) is 18.7. The number of likely N-dealkylation sites (N-methyl/N-ethyl adjacent to an activating group) is 1. The molecule has 0 atom stereocenters. The molecular formula is C28H29ClN4O5S. The number of anilines is 2. The summed E-state index contributed by atoms with van der Waals surface area (Å²) in [5, 5.41) is 0.357. The third-order valence-electron chi connectivity index (χ3n) is 7.03. The second-order valence-corrected chi connectivity index (χ2v) is 11.9. The number of methoxy groups -OCH3 is 1. The predicted molar refractivity (Wildman–Crippen MR) is 150 cm³/mol. The van der Waals surface area contributed by atoms with Crippen LogP contribution in [0.15, 0.2) is 71.6 Å². The van der Waals surface area contributed by atoms with E-state index in [1.54, 1.807) is 36.4 Å². The van der Waals surface area contributed by atoms with Crippen molar-refractivity contribution in [3.8, 4) is 0 Å². The number of carbonyl (C=O) groups excluding carboxylic acids is 2. The number of sulfonamides is 1. The van der Waals surface area contributed by atoms with Crippen LogP contribution in [0.4, 0.5) is 16.2 Å². The van der Waals surface area contributed by atoms with E-state index in [1.807, 2.05) is 42.3 Å². The Balaban J connectivity index is 1.61. The van der Waals surface area contributed by atoms with Crippen LogP contribution in [0.2, 0.25) is 5.02 Å². The van der Waals surface area contributed by atoms with Crippen molar-refractivity contribution in [1.29, 1.82) is 0 Å². The Bertz CT molecular complexity index is 1490. The van der Waals surface area contributed by atoms with Gasteiger partial charge in [0.1, 0.15) is 4.90 Å². The lowest BCUT2D eigenvalue weighted by atomic mass is 10.1. The van der Waals surface area contributed by atoms with Gasteiger partial charge in [0.05, 0.1) is 37.1 Å².